The van der Waals surface area contributed by atoms with E-state index in [0.29, 0.717) is 5.69 Å². The Labute approximate surface area is 81.5 Å². The molecule has 3 amide bonds. The summed E-state index contributed by atoms with van der Waals surface area (Å²) in [5, 5.41) is 2.47. The van der Waals surface area contributed by atoms with Crippen molar-refractivity contribution in [3.63, 3.8) is 0 Å². The number of benzene rings is 1. The molecule has 0 unspecified atom stereocenters. The van der Waals surface area contributed by atoms with E-state index in [-0.39, 0.29) is 18.5 Å². The minimum atomic E-state index is -0.347. The van der Waals surface area contributed by atoms with E-state index in [2.05, 4.69) is 5.32 Å². The van der Waals surface area contributed by atoms with Gasteiger partial charge in [0.25, 0.3) is 5.91 Å². The Kier molecular flexibility index (Phi) is 1.96. The van der Waals surface area contributed by atoms with E-state index >= 15 is 0 Å². The molecule has 4 heteroatoms. The second kappa shape index (κ2) is 3.14. The van der Waals surface area contributed by atoms with Gasteiger partial charge in [-0.25, -0.2) is 9.69 Å². The number of nitrogens with one attached hydrogen (secondary N) is 1. The number of hydrogen-bond acceptors (Lipinski definition) is 2. The van der Waals surface area contributed by atoms with E-state index in [9.17, 15) is 9.59 Å². The van der Waals surface area contributed by atoms with Crippen LogP contribution in [0.15, 0.2) is 24.3 Å². The number of anilines is 1. The number of imide groups is 1. The van der Waals surface area contributed by atoms with Gasteiger partial charge in [-0.05, 0) is 24.6 Å². The summed E-state index contributed by atoms with van der Waals surface area (Å²) in [6.45, 7) is 2.01. The molecule has 72 valence electrons. The van der Waals surface area contributed by atoms with E-state index in [1.54, 1.807) is 6.07 Å². The molecule has 1 fully saturated rings. The number of nitrogens with zero attached hydrogens (tertiary/aromatic N) is 1. The third-order valence-electron chi connectivity index (χ3n) is 2.10. The molecule has 0 atom stereocenters. The van der Waals surface area contributed by atoms with Crippen LogP contribution in [0.2, 0.25) is 0 Å². The fourth-order valence-corrected chi connectivity index (χ4v) is 1.45. The Morgan fingerprint density at radius 3 is 2.71 bits per heavy atom. The lowest BCUT2D eigenvalue weighted by atomic mass is 10.2. The summed E-state index contributed by atoms with van der Waals surface area (Å²) in [4.78, 5) is 23.8. The topological polar surface area (TPSA) is 49.4 Å². The molecular weight excluding hydrogens is 180 g/mol. The molecule has 1 aliphatic heterocycles. The monoisotopic (exact) mass is 190 g/mol. The van der Waals surface area contributed by atoms with E-state index in [1.807, 2.05) is 25.1 Å². The Morgan fingerprint density at radius 1 is 1.36 bits per heavy atom. The summed E-state index contributed by atoms with van der Waals surface area (Å²) in [6, 6.07) is 6.95. The second-order valence-electron chi connectivity index (χ2n) is 3.23. The summed E-state index contributed by atoms with van der Waals surface area (Å²) in [5.74, 6) is -0.208. The third kappa shape index (κ3) is 1.35. The van der Waals surface area contributed by atoms with Crippen LogP contribution in [0.25, 0.3) is 0 Å². The number of urea groups is 1. The lowest BCUT2D eigenvalue weighted by molar-refractivity contribution is -0.115. The van der Waals surface area contributed by atoms with Gasteiger partial charge in [-0.2, -0.15) is 0 Å². The first-order valence-electron chi connectivity index (χ1n) is 4.36. The molecule has 1 N–H and O–H groups in total. The van der Waals surface area contributed by atoms with Crippen molar-refractivity contribution in [1.82, 2.24) is 5.32 Å². The highest BCUT2D eigenvalue weighted by molar-refractivity contribution is 6.19. The SMILES string of the molecule is Cc1cccc(N2C(=O)CNC2=O)c1. The van der Waals surface area contributed by atoms with Gasteiger partial charge in [0.15, 0.2) is 0 Å². The van der Waals surface area contributed by atoms with Crippen LogP contribution in [0.4, 0.5) is 10.5 Å². The molecule has 0 spiro atoms. The first-order chi connectivity index (χ1) is 6.68. The van der Waals surface area contributed by atoms with Crippen LogP contribution in [-0.4, -0.2) is 18.5 Å². The van der Waals surface area contributed by atoms with Crippen LogP contribution in [0.1, 0.15) is 5.56 Å². The highest BCUT2D eigenvalue weighted by Crippen LogP contribution is 2.18. The molecule has 0 aromatic heterocycles. The van der Waals surface area contributed by atoms with Crippen molar-refractivity contribution in [2.75, 3.05) is 11.4 Å². The number of hydrogen-bond donors (Lipinski definition) is 1. The van der Waals surface area contributed by atoms with Gasteiger partial charge in [-0.3, -0.25) is 4.79 Å². The van der Waals surface area contributed by atoms with Crippen molar-refractivity contribution in [2.24, 2.45) is 0 Å². The fraction of sp³-hybridized carbons (Fsp3) is 0.200. The number of carbonyl (C=O) groups is 2. The van der Waals surface area contributed by atoms with Crippen LogP contribution in [0.5, 0.6) is 0 Å². The van der Waals surface area contributed by atoms with Crippen LogP contribution < -0.4 is 10.2 Å². The maximum absolute atomic E-state index is 11.3. The largest absolute Gasteiger partial charge is 0.329 e. The molecular formula is C10H10N2O2. The molecule has 1 aromatic carbocycles. The van der Waals surface area contributed by atoms with E-state index in [0.717, 1.165) is 10.5 Å². The smallest absolute Gasteiger partial charge is 0.328 e. The minimum Gasteiger partial charge on any atom is -0.328 e. The summed E-state index contributed by atoms with van der Waals surface area (Å²) < 4.78 is 0. The van der Waals surface area contributed by atoms with Gasteiger partial charge in [0.05, 0.1) is 12.2 Å². The zero-order valence-corrected chi connectivity index (χ0v) is 7.78. The highest BCUT2D eigenvalue weighted by atomic mass is 16.2. The summed E-state index contributed by atoms with van der Waals surface area (Å²) in [5.41, 5.74) is 1.65. The maximum atomic E-state index is 11.3. The van der Waals surface area contributed by atoms with Gasteiger partial charge in [0.1, 0.15) is 0 Å². The van der Waals surface area contributed by atoms with Gasteiger partial charge < -0.3 is 5.32 Å². The Bertz CT molecular complexity index is 385. The summed E-state index contributed by atoms with van der Waals surface area (Å²) in [6.07, 6.45) is 0. The molecule has 1 heterocycles. The molecule has 1 saturated heterocycles. The average Bonchev–Trinajstić information content (AvgIpc) is 2.46. The minimum absolute atomic E-state index is 0.0901. The number of aryl methyl sites for hydroxylation is 1. The predicted octanol–water partition coefficient (Wildman–Crippen LogP) is 1.05. The molecule has 1 aliphatic rings. The Balaban J connectivity index is 2.39. The summed E-state index contributed by atoms with van der Waals surface area (Å²) >= 11 is 0. The quantitative estimate of drug-likeness (QED) is 0.673. The maximum Gasteiger partial charge on any atom is 0.329 e. The first kappa shape index (κ1) is 8.74. The molecule has 2 rings (SSSR count). The van der Waals surface area contributed by atoms with Crippen LogP contribution in [-0.2, 0) is 4.79 Å². The lowest BCUT2D eigenvalue weighted by Gasteiger charge is -2.12. The zero-order valence-electron chi connectivity index (χ0n) is 7.78. The van der Waals surface area contributed by atoms with Crippen LogP contribution in [0, 0.1) is 6.92 Å². The van der Waals surface area contributed by atoms with E-state index in [4.69, 9.17) is 0 Å². The Hall–Kier alpha value is -1.84. The molecule has 0 saturated carbocycles. The molecule has 14 heavy (non-hydrogen) atoms. The molecule has 1 aromatic rings. The van der Waals surface area contributed by atoms with Crippen molar-refractivity contribution in [3.8, 4) is 0 Å². The molecule has 0 radical (unpaired) electrons. The normalized spacial score (nSPS) is 15.9. The van der Waals surface area contributed by atoms with Crippen LogP contribution in [0.3, 0.4) is 0 Å². The predicted molar refractivity (Wildman–Crippen MR) is 52.1 cm³/mol. The fourth-order valence-electron chi connectivity index (χ4n) is 1.45. The molecule has 0 bridgehead atoms. The Morgan fingerprint density at radius 2 is 2.14 bits per heavy atom. The van der Waals surface area contributed by atoms with Gasteiger partial charge in [-0.15, -0.1) is 0 Å². The first-order valence-corrected chi connectivity index (χ1v) is 4.36. The number of rotatable bonds is 1. The zero-order chi connectivity index (χ0) is 10.1. The molecule has 0 aliphatic carbocycles. The summed E-state index contributed by atoms with van der Waals surface area (Å²) in [7, 11) is 0. The van der Waals surface area contributed by atoms with E-state index < -0.39 is 0 Å². The van der Waals surface area contributed by atoms with Crippen molar-refractivity contribution in [3.05, 3.63) is 29.8 Å². The van der Waals surface area contributed by atoms with Gasteiger partial charge in [0.2, 0.25) is 0 Å². The van der Waals surface area contributed by atoms with Gasteiger partial charge in [-0.1, -0.05) is 12.1 Å². The lowest BCUT2D eigenvalue weighted by Crippen LogP contribution is -2.30. The van der Waals surface area contributed by atoms with Gasteiger partial charge >= 0.3 is 6.03 Å². The number of amides is 3. The average molecular weight is 190 g/mol. The van der Waals surface area contributed by atoms with Crippen molar-refractivity contribution >= 4 is 17.6 Å². The van der Waals surface area contributed by atoms with E-state index in [1.165, 1.54) is 0 Å². The third-order valence-corrected chi connectivity index (χ3v) is 2.10. The van der Waals surface area contributed by atoms with Crippen molar-refractivity contribution in [2.45, 2.75) is 6.92 Å². The second-order valence-corrected chi connectivity index (χ2v) is 3.23. The van der Waals surface area contributed by atoms with Gasteiger partial charge in [0, 0.05) is 0 Å². The standard InChI is InChI=1S/C10H10N2O2/c1-7-3-2-4-8(5-7)12-9(13)6-11-10(12)14/h2-5H,6H2,1H3,(H,11,14). The van der Waals surface area contributed by atoms with Crippen LogP contribution >= 0.6 is 0 Å². The van der Waals surface area contributed by atoms with Crippen molar-refractivity contribution in [1.29, 1.82) is 0 Å². The molecule has 4 nitrogen and oxygen atoms in total. The number of carbonyl (C=O) groups excluding carboxylic acids is 2. The van der Waals surface area contributed by atoms with Crippen molar-refractivity contribution < 1.29 is 9.59 Å². The highest BCUT2D eigenvalue weighted by Gasteiger charge is 2.29.